The maximum Gasteiger partial charge on any atom is 0.0951 e. The van der Waals surface area contributed by atoms with Crippen molar-refractivity contribution in [2.24, 2.45) is 0 Å². The van der Waals surface area contributed by atoms with E-state index in [2.05, 4.69) is 43.4 Å². The molecule has 1 N–H and O–H groups in total. The van der Waals surface area contributed by atoms with Crippen molar-refractivity contribution in [1.29, 1.82) is 0 Å². The van der Waals surface area contributed by atoms with Gasteiger partial charge in [-0.1, -0.05) is 24.3 Å². The summed E-state index contributed by atoms with van der Waals surface area (Å²) in [5.74, 6) is 0. The average Bonchev–Trinajstić information content (AvgIpc) is 2.87. The summed E-state index contributed by atoms with van der Waals surface area (Å²) in [6.45, 7) is 6.91. The summed E-state index contributed by atoms with van der Waals surface area (Å²) < 4.78 is 11.5. The molecule has 0 aromatic heterocycles. The Morgan fingerprint density at radius 2 is 2.15 bits per heavy atom. The van der Waals surface area contributed by atoms with Crippen LogP contribution in [0.3, 0.4) is 0 Å². The van der Waals surface area contributed by atoms with Gasteiger partial charge in [0.1, 0.15) is 0 Å². The third-order valence-electron chi connectivity index (χ3n) is 4.70. The molecule has 0 amide bonds. The Morgan fingerprint density at radius 3 is 2.90 bits per heavy atom. The highest BCUT2D eigenvalue weighted by Gasteiger charge is 2.41. The lowest BCUT2D eigenvalue weighted by Crippen LogP contribution is -2.48. The molecule has 3 unspecified atom stereocenters. The molecule has 1 aromatic rings. The van der Waals surface area contributed by atoms with Crippen LogP contribution in [0.25, 0.3) is 0 Å². The highest BCUT2D eigenvalue weighted by atomic mass is 16.6. The first-order valence-electron chi connectivity index (χ1n) is 7.72. The van der Waals surface area contributed by atoms with Crippen molar-refractivity contribution in [3.8, 4) is 0 Å². The number of nitrogens with one attached hydrogen (secondary N) is 1. The summed E-state index contributed by atoms with van der Waals surface area (Å²) in [4.78, 5) is 0. The van der Waals surface area contributed by atoms with Crippen molar-refractivity contribution in [3.05, 3.63) is 35.4 Å². The number of aryl methyl sites for hydroxylation is 1. The third kappa shape index (κ3) is 2.90. The molecule has 2 aliphatic heterocycles. The Balaban J connectivity index is 1.64. The van der Waals surface area contributed by atoms with Crippen molar-refractivity contribution in [1.82, 2.24) is 5.32 Å². The lowest BCUT2D eigenvalue weighted by molar-refractivity contribution is -0.0902. The quantitative estimate of drug-likeness (QED) is 0.920. The fraction of sp³-hybridized carbons (Fsp3) is 0.647. The normalized spacial score (nSPS) is 31.6. The van der Waals surface area contributed by atoms with Gasteiger partial charge in [-0.15, -0.1) is 0 Å². The van der Waals surface area contributed by atoms with Gasteiger partial charge in [0.25, 0.3) is 0 Å². The van der Waals surface area contributed by atoms with E-state index in [0.29, 0.717) is 12.1 Å². The molecule has 0 saturated carbocycles. The van der Waals surface area contributed by atoms with Crippen LogP contribution in [0.15, 0.2) is 24.3 Å². The molecule has 0 aliphatic carbocycles. The molecule has 0 radical (unpaired) electrons. The van der Waals surface area contributed by atoms with Gasteiger partial charge in [-0.05, 0) is 37.8 Å². The Bertz CT molecular complexity index is 454. The van der Waals surface area contributed by atoms with E-state index in [0.717, 1.165) is 39.1 Å². The summed E-state index contributed by atoms with van der Waals surface area (Å²) in [7, 11) is 0. The second kappa shape index (κ2) is 5.84. The highest BCUT2D eigenvalue weighted by Crippen LogP contribution is 2.33. The number of ether oxygens (including phenoxy) is 2. The predicted octanol–water partition coefficient (Wildman–Crippen LogP) is 2.98. The minimum Gasteiger partial charge on any atom is -0.378 e. The average molecular weight is 275 g/mol. The first-order valence-corrected chi connectivity index (χ1v) is 7.72. The monoisotopic (exact) mass is 275 g/mol. The van der Waals surface area contributed by atoms with Crippen molar-refractivity contribution < 1.29 is 9.47 Å². The molecule has 20 heavy (non-hydrogen) atoms. The zero-order valence-corrected chi connectivity index (χ0v) is 12.5. The molecule has 2 aliphatic rings. The zero-order valence-electron chi connectivity index (χ0n) is 12.5. The van der Waals surface area contributed by atoms with E-state index in [9.17, 15) is 0 Å². The Morgan fingerprint density at radius 1 is 1.30 bits per heavy atom. The summed E-state index contributed by atoms with van der Waals surface area (Å²) in [5.41, 5.74) is 2.75. The van der Waals surface area contributed by atoms with Gasteiger partial charge in [0.15, 0.2) is 0 Å². The molecule has 0 bridgehead atoms. The lowest BCUT2D eigenvalue weighted by Gasteiger charge is -2.38. The van der Waals surface area contributed by atoms with Crippen LogP contribution in [-0.2, 0) is 9.47 Å². The minimum absolute atomic E-state index is 0.0125. The van der Waals surface area contributed by atoms with Crippen molar-refractivity contribution in [2.45, 2.75) is 50.8 Å². The van der Waals surface area contributed by atoms with E-state index in [1.807, 2.05) is 0 Å². The van der Waals surface area contributed by atoms with Crippen LogP contribution in [0.5, 0.6) is 0 Å². The maximum atomic E-state index is 6.00. The van der Waals surface area contributed by atoms with Gasteiger partial charge >= 0.3 is 0 Å². The van der Waals surface area contributed by atoms with Crippen molar-refractivity contribution in [2.75, 3.05) is 19.8 Å². The Kier molecular flexibility index (Phi) is 4.11. The minimum atomic E-state index is -0.0125. The molecule has 3 rings (SSSR count). The van der Waals surface area contributed by atoms with Gasteiger partial charge in [-0.3, -0.25) is 0 Å². The summed E-state index contributed by atoms with van der Waals surface area (Å²) in [5, 5.41) is 3.79. The van der Waals surface area contributed by atoms with Crippen LogP contribution >= 0.6 is 0 Å². The number of rotatable bonds is 3. The van der Waals surface area contributed by atoms with E-state index in [1.54, 1.807) is 0 Å². The smallest absolute Gasteiger partial charge is 0.0951 e. The molecule has 1 spiro atoms. The molecular weight excluding hydrogens is 250 g/mol. The second-order valence-corrected chi connectivity index (χ2v) is 6.27. The SMILES string of the molecule is Cc1ccccc1C(C)NC1CCOC2(CCOC2)C1. The molecule has 3 atom stereocenters. The molecule has 2 saturated heterocycles. The van der Waals surface area contributed by atoms with Crippen molar-refractivity contribution >= 4 is 0 Å². The molecule has 1 aromatic carbocycles. The summed E-state index contributed by atoms with van der Waals surface area (Å²) in [6, 6.07) is 9.55. The van der Waals surface area contributed by atoms with E-state index < -0.39 is 0 Å². The number of benzene rings is 1. The summed E-state index contributed by atoms with van der Waals surface area (Å²) in [6.07, 6.45) is 3.21. The summed E-state index contributed by atoms with van der Waals surface area (Å²) >= 11 is 0. The highest BCUT2D eigenvalue weighted by molar-refractivity contribution is 5.28. The van der Waals surface area contributed by atoms with Gasteiger partial charge in [0.05, 0.1) is 12.2 Å². The van der Waals surface area contributed by atoms with E-state index in [1.165, 1.54) is 11.1 Å². The van der Waals surface area contributed by atoms with Gasteiger partial charge < -0.3 is 14.8 Å². The third-order valence-corrected chi connectivity index (χ3v) is 4.70. The molecule has 3 nitrogen and oxygen atoms in total. The largest absolute Gasteiger partial charge is 0.378 e. The fourth-order valence-corrected chi connectivity index (χ4v) is 3.55. The second-order valence-electron chi connectivity index (χ2n) is 6.27. The number of hydrogen-bond donors (Lipinski definition) is 1. The van der Waals surface area contributed by atoms with Gasteiger partial charge in [0, 0.05) is 31.7 Å². The Labute approximate surface area is 121 Å². The van der Waals surface area contributed by atoms with Crippen LogP contribution in [-0.4, -0.2) is 31.5 Å². The van der Waals surface area contributed by atoms with Crippen LogP contribution in [0.2, 0.25) is 0 Å². The predicted molar refractivity (Wildman–Crippen MR) is 79.9 cm³/mol. The number of hydrogen-bond acceptors (Lipinski definition) is 3. The lowest BCUT2D eigenvalue weighted by atomic mass is 9.89. The maximum absolute atomic E-state index is 6.00. The molecular formula is C17H25NO2. The van der Waals surface area contributed by atoms with Gasteiger partial charge in [0.2, 0.25) is 0 Å². The van der Waals surface area contributed by atoms with E-state index in [4.69, 9.17) is 9.47 Å². The Hall–Kier alpha value is -0.900. The van der Waals surface area contributed by atoms with Crippen LogP contribution in [0.1, 0.15) is 43.4 Å². The molecule has 2 heterocycles. The first-order chi connectivity index (χ1) is 9.69. The van der Waals surface area contributed by atoms with E-state index in [-0.39, 0.29) is 5.60 Å². The topological polar surface area (TPSA) is 30.5 Å². The molecule has 2 fully saturated rings. The molecule has 3 heteroatoms. The van der Waals surface area contributed by atoms with Crippen LogP contribution in [0, 0.1) is 6.92 Å². The van der Waals surface area contributed by atoms with Crippen molar-refractivity contribution in [3.63, 3.8) is 0 Å². The van der Waals surface area contributed by atoms with Gasteiger partial charge in [-0.2, -0.15) is 0 Å². The molecule has 110 valence electrons. The first kappa shape index (κ1) is 14.1. The van der Waals surface area contributed by atoms with E-state index >= 15 is 0 Å². The van der Waals surface area contributed by atoms with Crippen LogP contribution in [0.4, 0.5) is 0 Å². The fourth-order valence-electron chi connectivity index (χ4n) is 3.55. The van der Waals surface area contributed by atoms with Crippen LogP contribution < -0.4 is 5.32 Å². The standard InChI is InChI=1S/C17H25NO2/c1-13-5-3-4-6-16(13)14(2)18-15-7-9-20-17(11-15)8-10-19-12-17/h3-6,14-15,18H,7-12H2,1-2H3. The zero-order chi connectivity index (χ0) is 14.0. The van der Waals surface area contributed by atoms with Gasteiger partial charge in [-0.25, -0.2) is 0 Å².